The molecular weight excluding hydrogens is 130 g/mol. The second-order valence-electron chi connectivity index (χ2n) is 2.42. The average molecular weight is 149 g/mol. The van der Waals surface area contributed by atoms with Crippen molar-refractivity contribution >= 4 is 0 Å². The number of hydrogen-bond acceptors (Lipinski definition) is 2. The lowest BCUT2D eigenvalue weighted by atomic mass is 10.1. The lowest BCUT2D eigenvalue weighted by molar-refractivity contribution is 0.168. The average Bonchev–Trinajstić information content (AvgIpc) is 1.80. The Morgan fingerprint density at radius 1 is 1.30 bits per heavy atom. The third kappa shape index (κ3) is 10.8. The van der Waals surface area contributed by atoms with Crippen molar-refractivity contribution in [3.63, 3.8) is 0 Å². The Morgan fingerprint density at radius 3 is 2.30 bits per heavy atom. The van der Waals surface area contributed by atoms with E-state index in [1.54, 1.807) is 0 Å². The number of hydrogen-bond donors (Lipinski definition) is 2. The van der Waals surface area contributed by atoms with Crippen LogP contribution in [0.4, 0.5) is 0 Å². The van der Waals surface area contributed by atoms with E-state index < -0.39 is 6.23 Å². The molecule has 0 radical (unpaired) electrons. The molecule has 0 aliphatic carbocycles. The molecule has 3 heteroatoms. The van der Waals surface area contributed by atoms with Crippen LogP contribution in [0.25, 0.3) is 0 Å². The van der Waals surface area contributed by atoms with Gasteiger partial charge in [0, 0.05) is 0 Å². The summed E-state index contributed by atoms with van der Waals surface area (Å²) in [4.78, 5) is 0. The highest BCUT2D eigenvalue weighted by Crippen LogP contribution is 2.02. The van der Waals surface area contributed by atoms with E-state index >= 15 is 0 Å². The Balaban J connectivity index is 0. The Morgan fingerprint density at radius 2 is 1.90 bits per heavy atom. The standard InChI is InChI=1S/C7H17NO.H2O/c1-2-3-4-5-6-7(8)9;/h7,9H,2-6,8H2,1H3;1H2. The maximum absolute atomic E-state index is 8.63. The van der Waals surface area contributed by atoms with Crippen LogP contribution in [0.3, 0.4) is 0 Å². The molecule has 0 rings (SSSR count). The van der Waals surface area contributed by atoms with Crippen LogP contribution in [0.15, 0.2) is 0 Å². The first kappa shape index (κ1) is 12.5. The molecule has 0 heterocycles. The third-order valence-corrected chi connectivity index (χ3v) is 1.35. The lowest BCUT2D eigenvalue weighted by Crippen LogP contribution is -2.17. The van der Waals surface area contributed by atoms with Gasteiger partial charge >= 0.3 is 0 Å². The highest BCUT2D eigenvalue weighted by Gasteiger charge is 1.93. The minimum atomic E-state index is -0.596. The zero-order chi connectivity index (χ0) is 7.11. The van der Waals surface area contributed by atoms with Gasteiger partial charge < -0.3 is 16.3 Å². The molecule has 0 saturated carbocycles. The molecule has 1 unspecified atom stereocenters. The van der Waals surface area contributed by atoms with E-state index in [4.69, 9.17) is 10.8 Å². The van der Waals surface area contributed by atoms with Gasteiger partial charge in [0.2, 0.25) is 0 Å². The number of nitrogens with two attached hydrogens (primary N) is 1. The fourth-order valence-corrected chi connectivity index (χ4v) is 0.780. The predicted molar refractivity (Wildman–Crippen MR) is 42.6 cm³/mol. The summed E-state index contributed by atoms with van der Waals surface area (Å²) in [6.07, 6.45) is 4.91. The molecule has 0 aliphatic rings. The fourth-order valence-electron chi connectivity index (χ4n) is 0.780. The Hall–Kier alpha value is -0.120. The molecular formula is C7H19NO2. The number of rotatable bonds is 5. The molecule has 0 amide bonds. The van der Waals surface area contributed by atoms with Crippen LogP contribution >= 0.6 is 0 Å². The molecule has 0 bridgehead atoms. The molecule has 0 fully saturated rings. The quantitative estimate of drug-likeness (QED) is 0.438. The molecule has 64 valence electrons. The highest BCUT2D eigenvalue weighted by atomic mass is 16.3. The van der Waals surface area contributed by atoms with E-state index in [-0.39, 0.29) is 5.48 Å². The summed E-state index contributed by atoms with van der Waals surface area (Å²) in [6.45, 7) is 2.17. The van der Waals surface area contributed by atoms with Crippen molar-refractivity contribution in [1.82, 2.24) is 0 Å². The molecule has 1 atom stereocenters. The molecule has 0 aliphatic heterocycles. The smallest absolute Gasteiger partial charge is 0.102 e. The summed E-state index contributed by atoms with van der Waals surface area (Å²) >= 11 is 0. The molecule has 3 nitrogen and oxygen atoms in total. The van der Waals surface area contributed by atoms with Gasteiger partial charge in [-0.2, -0.15) is 0 Å². The van der Waals surface area contributed by atoms with Crippen molar-refractivity contribution in [3.8, 4) is 0 Å². The van der Waals surface area contributed by atoms with Crippen LogP contribution in [-0.2, 0) is 0 Å². The van der Waals surface area contributed by atoms with Crippen LogP contribution in [0.1, 0.15) is 39.0 Å². The van der Waals surface area contributed by atoms with Crippen molar-refractivity contribution < 1.29 is 10.6 Å². The normalized spacial score (nSPS) is 12.3. The van der Waals surface area contributed by atoms with E-state index in [0.717, 1.165) is 12.8 Å². The monoisotopic (exact) mass is 149 g/mol. The summed E-state index contributed by atoms with van der Waals surface area (Å²) in [6, 6.07) is 0. The topological polar surface area (TPSA) is 77.8 Å². The molecule has 0 saturated heterocycles. The van der Waals surface area contributed by atoms with Crippen molar-refractivity contribution in [1.29, 1.82) is 0 Å². The van der Waals surface area contributed by atoms with E-state index in [2.05, 4.69) is 6.92 Å². The minimum absolute atomic E-state index is 0. The van der Waals surface area contributed by atoms with E-state index in [0.29, 0.717) is 0 Å². The molecule has 0 aromatic heterocycles. The van der Waals surface area contributed by atoms with Crippen molar-refractivity contribution in [2.45, 2.75) is 45.3 Å². The van der Waals surface area contributed by atoms with Crippen molar-refractivity contribution in [3.05, 3.63) is 0 Å². The van der Waals surface area contributed by atoms with E-state index in [9.17, 15) is 0 Å². The van der Waals surface area contributed by atoms with Crippen LogP contribution < -0.4 is 5.73 Å². The minimum Gasteiger partial charge on any atom is -0.412 e. The molecule has 10 heavy (non-hydrogen) atoms. The fraction of sp³-hybridized carbons (Fsp3) is 1.00. The Labute approximate surface area is 62.5 Å². The lowest BCUT2D eigenvalue weighted by Gasteiger charge is -2.01. The molecule has 0 spiro atoms. The maximum atomic E-state index is 8.63. The molecule has 0 aromatic rings. The van der Waals surface area contributed by atoms with Crippen molar-refractivity contribution in [2.75, 3.05) is 0 Å². The van der Waals surface area contributed by atoms with Gasteiger partial charge in [-0.15, -0.1) is 0 Å². The zero-order valence-electron chi connectivity index (χ0n) is 6.64. The van der Waals surface area contributed by atoms with Crippen molar-refractivity contribution in [2.24, 2.45) is 5.73 Å². The second-order valence-corrected chi connectivity index (χ2v) is 2.42. The van der Waals surface area contributed by atoms with Gasteiger partial charge in [0.05, 0.1) is 0 Å². The van der Waals surface area contributed by atoms with Crippen LogP contribution in [0, 0.1) is 0 Å². The summed E-state index contributed by atoms with van der Waals surface area (Å²) in [5.41, 5.74) is 5.13. The molecule has 0 aromatic carbocycles. The zero-order valence-corrected chi connectivity index (χ0v) is 6.64. The Bertz CT molecular complexity index is 57.6. The summed E-state index contributed by atoms with van der Waals surface area (Å²) in [5, 5.41) is 8.63. The van der Waals surface area contributed by atoms with Gasteiger partial charge in [-0.1, -0.05) is 26.2 Å². The van der Waals surface area contributed by atoms with Gasteiger partial charge in [0.15, 0.2) is 0 Å². The summed E-state index contributed by atoms with van der Waals surface area (Å²) in [7, 11) is 0. The maximum Gasteiger partial charge on any atom is 0.102 e. The van der Waals surface area contributed by atoms with Gasteiger partial charge in [-0.3, -0.25) is 0 Å². The highest BCUT2D eigenvalue weighted by molar-refractivity contribution is 4.45. The third-order valence-electron chi connectivity index (χ3n) is 1.35. The Kier molecular flexibility index (Phi) is 11.1. The van der Waals surface area contributed by atoms with Gasteiger partial charge in [0.25, 0.3) is 0 Å². The van der Waals surface area contributed by atoms with Gasteiger partial charge in [0.1, 0.15) is 6.23 Å². The predicted octanol–water partition coefficient (Wildman–Crippen LogP) is 0.409. The second kappa shape index (κ2) is 8.88. The van der Waals surface area contributed by atoms with Crippen LogP contribution in [0.5, 0.6) is 0 Å². The molecule has 5 N–H and O–H groups in total. The van der Waals surface area contributed by atoms with Crippen LogP contribution in [-0.4, -0.2) is 16.8 Å². The number of unbranched alkanes of at least 4 members (excludes halogenated alkanes) is 3. The van der Waals surface area contributed by atoms with E-state index in [1.165, 1.54) is 19.3 Å². The summed E-state index contributed by atoms with van der Waals surface area (Å²) in [5.74, 6) is 0. The first-order chi connectivity index (χ1) is 4.27. The largest absolute Gasteiger partial charge is 0.412 e. The van der Waals surface area contributed by atoms with E-state index in [1.807, 2.05) is 0 Å². The first-order valence-electron chi connectivity index (χ1n) is 3.71. The number of aliphatic hydroxyl groups excluding tert-OH is 1. The van der Waals surface area contributed by atoms with Gasteiger partial charge in [-0.05, 0) is 12.8 Å². The van der Waals surface area contributed by atoms with Gasteiger partial charge in [-0.25, -0.2) is 0 Å². The van der Waals surface area contributed by atoms with Crippen LogP contribution in [0.2, 0.25) is 0 Å². The number of aliphatic hydroxyl groups is 1. The SMILES string of the molecule is CCCCCCC(N)O.O. The first-order valence-corrected chi connectivity index (χ1v) is 3.71. The summed E-state index contributed by atoms with van der Waals surface area (Å²) < 4.78 is 0.